The van der Waals surface area contributed by atoms with Crippen LogP contribution in [0.1, 0.15) is 29.3 Å². The first-order chi connectivity index (χ1) is 15.5. The number of carbonyl (C=O) groups excluding carboxylic acids is 1. The van der Waals surface area contributed by atoms with Crippen molar-refractivity contribution in [1.82, 2.24) is 14.8 Å². The van der Waals surface area contributed by atoms with Gasteiger partial charge in [-0.05, 0) is 30.7 Å². The molecule has 5 rings (SSSR count). The van der Waals surface area contributed by atoms with Gasteiger partial charge in [0.25, 0.3) is 11.6 Å². The molecule has 1 aliphatic rings. The lowest BCUT2D eigenvalue weighted by atomic mass is 10.0. The SMILES string of the molecule is Cc1ccc(C2=NN(C(=O)Cn3ncc4ccc([N+](=O)[O-])cc43)C(c3ccco3)C2)cc1. The van der Waals surface area contributed by atoms with Crippen molar-refractivity contribution in [2.24, 2.45) is 5.10 Å². The van der Waals surface area contributed by atoms with Crippen molar-refractivity contribution >= 4 is 28.2 Å². The first-order valence-electron chi connectivity index (χ1n) is 10.1. The number of fused-ring (bicyclic) bond motifs is 1. The van der Waals surface area contributed by atoms with Crippen molar-refractivity contribution in [3.63, 3.8) is 0 Å². The first kappa shape index (κ1) is 19.7. The molecule has 9 nitrogen and oxygen atoms in total. The Balaban J connectivity index is 1.47. The minimum absolute atomic E-state index is 0.0546. The second-order valence-electron chi connectivity index (χ2n) is 7.69. The van der Waals surface area contributed by atoms with E-state index in [0.717, 1.165) is 22.2 Å². The monoisotopic (exact) mass is 429 g/mol. The maximum atomic E-state index is 13.3. The molecule has 1 amide bonds. The maximum Gasteiger partial charge on any atom is 0.271 e. The summed E-state index contributed by atoms with van der Waals surface area (Å²) >= 11 is 0. The lowest BCUT2D eigenvalue weighted by Crippen LogP contribution is -2.30. The van der Waals surface area contributed by atoms with Crippen LogP contribution in [-0.4, -0.2) is 31.3 Å². The quantitative estimate of drug-likeness (QED) is 0.349. The van der Waals surface area contributed by atoms with E-state index in [9.17, 15) is 14.9 Å². The van der Waals surface area contributed by atoms with Crippen LogP contribution in [0.15, 0.2) is 76.6 Å². The molecule has 0 saturated heterocycles. The fourth-order valence-corrected chi connectivity index (χ4v) is 3.86. The van der Waals surface area contributed by atoms with Crippen LogP contribution < -0.4 is 0 Å². The van der Waals surface area contributed by atoms with Gasteiger partial charge in [0.05, 0.1) is 28.6 Å². The van der Waals surface area contributed by atoms with Crippen LogP contribution in [0.25, 0.3) is 10.9 Å². The summed E-state index contributed by atoms with van der Waals surface area (Å²) in [5.41, 5.74) is 3.34. The fraction of sp³-hybridized carbons (Fsp3) is 0.174. The number of hydrogen-bond acceptors (Lipinski definition) is 6. The molecule has 0 spiro atoms. The van der Waals surface area contributed by atoms with Gasteiger partial charge in [-0.25, -0.2) is 5.01 Å². The van der Waals surface area contributed by atoms with E-state index >= 15 is 0 Å². The van der Waals surface area contributed by atoms with E-state index in [1.807, 2.05) is 37.3 Å². The normalized spacial score (nSPS) is 15.8. The van der Waals surface area contributed by atoms with Gasteiger partial charge >= 0.3 is 0 Å². The summed E-state index contributed by atoms with van der Waals surface area (Å²) in [7, 11) is 0. The topological polar surface area (TPSA) is 107 Å². The molecule has 3 heterocycles. The van der Waals surface area contributed by atoms with Crippen LogP contribution in [0.2, 0.25) is 0 Å². The minimum Gasteiger partial charge on any atom is -0.467 e. The molecule has 0 radical (unpaired) electrons. The van der Waals surface area contributed by atoms with Gasteiger partial charge in [-0.15, -0.1) is 0 Å². The molecule has 32 heavy (non-hydrogen) atoms. The number of rotatable bonds is 5. The van der Waals surface area contributed by atoms with Gasteiger partial charge in [0.1, 0.15) is 18.3 Å². The van der Waals surface area contributed by atoms with E-state index in [1.165, 1.54) is 21.8 Å². The molecule has 1 unspecified atom stereocenters. The number of nitro benzene ring substituents is 1. The number of carbonyl (C=O) groups is 1. The van der Waals surface area contributed by atoms with E-state index in [4.69, 9.17) is 4.42 Å². The van der Waals surface area contributed by atoms with Crippen LogP contribution in [0.5, 0.6) is 0 Å². The lowest BCUT2D eigenvalue weighted by molar-refractivity contribution is -0.384. The Morgan fingerprint density at radius 1 is 1.22 bits per heavy atom. The van der Waals surface area contributed by atoms with E-state index in [0.29, 0.717) is 17.7 Å². The maximum absolute atomic E-state index is 13.3. The van der Waals surface area contributed by atoms with Gasteiger partial charge in [0.2, 0.25) is 0 Å². The number of hydrazone groups is 1. The molecule has 0 aliphatic carbocycles. The van der Waals surface area contributed by atoms with Crippen LogP contribution in [-0.2, 0) is 11.3 Å². The van der Waals surface area contributed by atoms with Crippen molar-refractivity contribution in [1.29, 1.82) is 0 Å². The Morgan fingerprint density at radius 3 is 2.75 bits per heavy atom. The summed E-state index contributed by atoms with van der Waals surface area (Å²) in [5.74, 6) is 0.357. The van der Waals surface area contributed by atoms with Crippen LogP contribution in [0, 0.1) is 17.0 Å². The minimum atomic E-state index is -0.468. The molecule has 1 aliphatic heterocycles. The number of furan rings is 1. The number of benzene rings is 2. The van der Waals surface area contributed by atoms with Crippen molar-refractivity contribution < 1.29 is 14.1 Å². The summed E-state index contributed by atoms with van der Waals surface area (Å²) < 4.78 is 7.05. The van der Waals surface area contributed by atoms with E-state index < -0.39 is 4.92 Å². The number of non-ortho nitro benzene ring substituents is 1. The molecular weight excluding hydrogens is 410 g/mol. The second-order valence-corrected chi connectivity index (χ2v) is 7.69. The Labute approximate surface area is 182 Å². The first-order valence-corrected chi connectivity index (χ1v) is 10.1. The van der Waals surface area contributed by atoms with Gasteiger partial charge in [0.15, 0.2) is 0 Å². The predicted molar refractivity (Wildman–Crippen MR) is 117 cm³/mol. The molecule has 0 bridgehead atoms. The summed E-state index contributed by atoms with van der Waals surface area (Å²) in [4.78, 5) is 24.0. The van der Waals surface area contributed by atoms with Crippen molar-refractivity contribution in [3.8, 4) is 0 Å². The van der Waals surface area contributed by atoms with Crippen LogP contribution in [0.3, 0.4) is 0 Å². The van der Waals surface area contributed by atoms with E-state index in [-0.39, 0.29) is 24.2 Å². The molecule has 0 saturated carbocycles. The highest BCUT2D eigenvalue weighted by atomic mass is 16.6. The third-order valence-electron chi connectivity index (χ3n) is 5.55. The van der Waals surface area contributed by atoms with E-state index in [2.05, 4.69) is 10.2 Å². The highest BCUT2D eigenvalue weighted by Crippen LogP contribution is 2.33. The highest BCUT2D eigenvalue weighted by molar-refractivity contribution is 6.03. The Kier molecular flexibility index (Phi) is 4.78. The molecule has 9 heteroatoms. The van der Waals surface area contributed by atoms with Gasteiger partial charge in [-0.1, -0.05) is 29.8 Å². The third-order valence-corrected chi connectivity index (χ3v) is 5.55. The molecule has 0 fully saturated rings. The zero-order valence-corrected chi connectivity index (χ0v) is 17.2. The van der Waals surface area contributed by atoms with Gasteiger partial charge in [-0.2, -0.15) is 10.2 Å². The predicted octanol–water partition coefficient (Wildman–Crippen LogP) is 4.22. The second kappa shape index (κ2) is 7.77. The number of hydrogen-bond donors (Lipinski definition) is 0. The Morgan fingerprint density at radius 2 is 2.03 bits per heavy atom. The van der Waals surface area contributed by atoms with Gasteiger partial charge in [-0.3, -0.25) is 19.6 Å². The Bertz CT molecular complexity index is 1340. The summed E-state index contributed by atoms with van der Waals surface area (Å²) in [6, 6.07) is 15.7. The number of nitro groups is 1. The largest absolute Gasteiger partial charge is 0.467 e. The Hall–Kier alpha value is -4.27. The van der Waals surface area contributed by atoms with Crippen molar-refractivity contribution in [2.45, 2.75) is 25.9 Å². The fourth-order valence-electron chi connectivity index (χ4n) is 3.86. The van der Waals surface area contributed by atoms with Crippen LogP contribution >= 0.6 is 0 Å². The zero-order valence-electron chi connectivity index (χ0n) is 17.2. The smallest absolute Gasteiger partial charge is 0.271 e. The third kappa shape index (κ3) is 3.53. The van der Waals surface area contributed by atoms with Crippen molar-refractivity contribution in [2.75, 3.05) is 0 Å². The lowest BCUT2D eigenvalue weighted by Gasteiger charge is -2.20. The van der Waals surface area contributed by atoms with Gasteiger partial charge in [0, 0.05) is 23.9 Å². The number of aryl methyl sites for hydroxylation is 1. The summed E-state index contributed by atoms with van der Waals surface area (Å²) in [6.07, 6.45) is 3.68. The molecule has 2 aromatic heterocycles. The zero-order chi connectivity index (χ0) is 22.2. The molecule has 160 valence electrons. The van der Waals surface area contributed by atoms with Crippen LogP contribution in [0.4, 0.5) is 5.69 Å². The molecular formula is C23H19N5O4. The number of aromatic nitrogens is 2. The standard InChI is InChI=1S/C23H19N5O4/c1-15-4-6-16(7-5-15)19-12-21(22-3-2-10-32-22)27(25-19)23(29)14-26-20-11-18(28(30)31)9-8-17(20)13-24-26/h2-11,13,21H,12,14H2,1H3. The molecule has 2 aromatic carbocycles. The number of amides is 1. The van der Waals surface area contributed by atoms with Crippen molar-refractivity contribution in [3.05, 3.63) is 94.1 Å². The molecule has 1 atom stereocenters. The molecule has 0 N–H and O–H groups in total. The highest BCUT2D eigenvalue weighted by Gasteiger charge is 2.35. The van der Waals surface area contributed by atoms with Gasteiger partial charge < -0.3 is 4.42 Å². The molecule has 4 aromatic rings. The van der Waals surface area contributed by atoms with E-state index in [1.54, 1.807) is 24.6 Å². The number of nitrogens with zero attached hydrogens (tertiary/aromatic N) is 5. The summed E-state index contributed by atoms with van der Waals surface area (Å²) in [5, 5.41) is 22.2. The average molecular weight is 429 g/mol. The average Bonchev–Trinajstić information content (AvgIpc) is 3.53. The summed E-state index contributed by atoms with van der Waals surface area (Å²) in [6.45, 7) is 1.91.